The van der Waals surface area contributed by atoms with Crippen molar-refractivity contribution >= 4 is 22.2 Å². The van der Waals surface area contributed by atoms with Crippen LogP contribution >= 0.6 is 11.3 Å². The van der Waals surface area contributed by atoms with Gasteiger partial charge in [-0.05, 0) is 25.5 Å². The molecule has 1 unspecified atom stereocenters. The van der Waals surface area contributed by atoms with Gasteiger partial charge in [-0.1, -0.05) is 30.3 Å². The zero-order valence-corrected chi connectivity index (χ0v) is 16.2. The first kappa shape index (κ1) is 18.2. The third kappa shape index (κ3) is 3.76. The average Bonchev–Trinajstić information content (AvgIpc) is 3.41. The van der Waals surface area contributed by atoms with E-state index in [-0.39, 0.29) is 5.91 Å². The molecule has 1 fully saturated rings. The lowest BCUT2D eigenvalue weighted by Crippen LogP contribution is -2.30. The second-order valence-corrected chi connectivity index (χ2v) is 7.96. The van der Waals surface area contributed by atoms with Gasteiger partial charge < -0.3 is 10.0 Å². The summed E-state index contributed by atoms with van der Waals surface area (Å²) in [6.07, 6.45) is 3.52. The number of benzene rings is 1. The summed E-state index contributed by atoms with van der Waals surface area (Å²) >= 11 is 1.53. The van der Waals surface area contributed by atoms with E-state index in [0.29, 0.717) is 18.8 Å². The number of aromatic nitrogens is 2. The molecule has 142 valence electrons. The maximum absolute atomic E-state index is 12.9. The number of carbonyl (C=O) groups is 1. The second-order valence-electron chi connectivity index (χ2n) is 7.09. The van der Waals surface area contributed by atoms with Crippen molar-refractivity contribution in [2.75, 3.05) is 26.7 Å². The molecule has 6 nitrogen and oxygen atoms in total. The predicted octanol–water partition coefficient (Wildman–Crippen LogP) is 2.80. The van der Waals surface area contributed by atoms with Crippen LogP contribution in [-0.2, 0) is 6.54 Å². The molecule has 0 bridgehead atoms. The number of hydrogen-bond donors (Lipinski definition) is 1. The molecule has 1 saturated heterocycles. The highest BCUT2D eigenvalue weighted by Gasteiger charge is 2.27. The average molecular weight is 385 g/mol. The summed E-state index contributed by atoms with van der Waals surface area (Å²) in [4.78, 5) is 22.3. The van der Waals surface area contributed by atoms with E-state index < -0.39 is 6.10 Å². The van der Waals surface area contributed by atoms with Crippen LogP contribution in [0.1, 0.15) is 40.7 Å². The van der Waals surface area contributed by atoms with Crippen molar-refractivity contribution in [2.45, 2.75) is 25.5 Å². The monoisotopic (exact) mass is 384 g/mol. The highest BCUT2D eigenvalue weighted by atomic mass is 32.1. The summed E-state index contributed by atoms with van der Waals surface area (Å²) < 4.78 is 2.00. The number of hydrogen-bond acceptors (Lipinski definition) is 5. The van der Waals surface area contributed by atoms with Gasteiger partial charge in [0.2, 0.25) is 0 Å². The Bertz CT molecular complexity index is 915. The maximum atomic E-state index is 12.9. The van der Waals surface area contributed by atoms with E-state index in [1.807, 2.05) is 63.2 Å². The summed E-state index contributed by atoms with van der Waals surface area (Å²) in [5.41, 5.74) is 2.34. The van der Waals surface area contributed by atoms with E-state index >= 15 is 0 Å². The predicted molar refractivity (Wildman–Crippen MR) is 106 cm³/mol. The van der Waals surface area contributed by atoms with E-state index in [4.69, 9.17) is 0 Å². The largest absolute Gasteiger partial charge is 0.387 e. The molecule has 1 aliphatic rings. The molecule has 2 aromatic heterocycles. The number of likely N-dealkylation sites (tertiary alicyclic amines) is 1. The highest BCUT2D eigenvalue weighted by molar-refractivity contribution is 7.15. The Morgan fingerprint density at radius 3 is 2.78 bits per heavy atom. The molecule has 0 saturated carbocycles. The van der Waals surface area contributed by atoms with Gasteiger partial charge in [-0.15, -0.1) is 11.3 Å². The molecule has 1 aliphatic heterocycles. The normalized spacial score (nSPS) is 15.7. The summed E-state index contributed by atoms with van der Waals surface area (Å²) in [7, 11) is 1.96. The number of imidazole rings is 1. The number of rotatable bonds is 6. The minimum atomic E-state index is -0.570. The Morgan fingerprint density at radius 1 is 1.30 bits per heavy atom. The van der Waals surface area contributed by atoms with Gasteiger partial charge in [-0.3, -0.25) is 14.1 Å². The molecule has 0 aliphatic carbocycles. The Balaban J connectivity index is 1.54. The number of carbonyl (C=O) groups excluding carboxylic acids is 1. The zero-order chi connectivity index (χ0) is 18.8. The van der Waals surface area contributed by atoms with Gasteiger partial charge in [0.25, 0.3) is 5.91 Å². The Hall–Kier alpha value is -2.22. The van der Waals surface area contributed by atoms with Crippen LogP contribution < -0.4 is 0 Å². The van der Waals surface area contributed by atoms with Crippen molar-refractivity contribution in [2.24, 2.45) is 0 Å². The van der Waals surface area contributed by atoms with Gasteiger partial charge in [-0.2, -0.15) is 0 Å². The molecular formula is C20H24N4O2S. The molecule has 27 heavy (non-hydrogen) atoms. The molecule has 0 radical (unpaired) electrons. The number of likely N-dealkylation sites (N-methyl/N-ethyl adjacent to an activating group) is 1. The fourth-order valence-corrected chi connectivity index (χ4v) is 4.35. The second kappa shape index (κ2) is 7.80. The number of amides is 1. The van der Waals surface area contributed by atoms with E-state index in [2.05, 4.69) is 4.98 Å². The van der Waals surface area contributed by atoms with Crippen LogP contribution in [0.5, 0.6) is 0 Å². The van der Waals surface area contributed by atoms with Crippen LogP contribution in [0.4, 0.5) is 0 Å². The summed E-state index contributed by atoms with van der Waals surface area (Å²) in [6, 6.07) is 9.65. The van der Waals surface area contributed by atoms with Gasteiger partial charge in [0, 0.05) is 37.8 Å². The van der Waals surface area contributed by atoms with Gasteiger partial charge in [0.05, 0.1) is 11.8 Å². The molecule has 1 N–H and O–H groups in total. The van der Waals surface area contributed by atoms with E-state index in [0.717, 1.165) is 42.1 Å². The minimum absolute atomic E-state index is 0.0235. The van der Waals surface area contributed by atoms with Crippen molar-refractivity contribution in [3.05, 3.63) is 58.9 Å². The molecule has 1 atom stereocenters. The third-order valence-electron chi connectivity index (χ3n) is 5.05. The van der Waals surface area contributed by atoms with E-state index in [1.165, 1.54) is 11.3 Å². The third-order valence-corrected chi connectivity index (χ3v) is 5.80. The molecule has 3 aromatic rings. The van der Waals surface area contributed by atoms with Crippen molar-refractivity contribution < 1.29 is 9.90 Å². The van der Waals surface area contributed by atoms with Crippen molar-refractivity contribution in [3.8, 4) is 0 Å². The first-order chi connectivity index (χ1) is 13.1. The molecule has 4 rings (SSSR count). The SMILES string of the molecule is CN(Cc1c(C(=O)N2CCCC2)nc2sccn12)CC(O)c1ccccc1. The van der Waals surface area contributed by atoms with Crippen molar-refractivity contribution in [1.82, 2.24) is 19.2 Å². The Labute approximate surface area is 162 Å². The van der Waals surface area contributed by atoms with Crippen LogP contribution in [0.25, 0.3) is 4.96 Å². The molecule has 1 aromatic carbocycles. The summed E-state index contributed by atoms with van der Waals surface area (Å²) in [5.74, 6) is 0.0235. The summed E-state index contributed by atoms with van der Waals surface area (Å²) in [5, 5.41) is 12.5. The molecule has 7 heteroatoms. The van der Waals surface area contributed by atoms with Crippen LogP contribution in [0.15, 0.2) is 41.9 Å². The van der Waals surface area contributed by atoms with E-state index in [1.54, 1.807) is 0 Å². The quantitative estimate of drug-likeness (QED) is 0.710. The first-order valence-electron chi connectivity index (χ1n) is 9.29. The zero-order valence-electron chi connectivity index (χ0n) is 15.4. The minimum Gasteiger partial charge on any atom is -0.387 e. The van der Waals surface area contributed by atoms with Crippen molar-refractivity contribution in [3.63, 3.8) is 0 Å². The highest BCUT2D eigenvalue weighted by Crippen LogP contribution is 2.23. The smallest absolute Gasteiger partial charge is 0.274 e. The summed E-state index contributed by atoms with van der Waals surface area (Å²) in [6.45, 7) is 2.66. The Kier molecular flexibility index (Phi) is 5.24. The molecular weight excluding hydrogens is 360 g/mol. The number of fused-ring (bicyclic) bond motifs is 1. The lowest BCUT2D eigenvalue weighted by Gasteiger charge is -2.21. The van der Waals surface area contributed by atoms with Gasteiger partial charge in [0.1, 0.15) is 0 Å². The standard InChI is InChI=1S/C20H24N4O2S/c1-22(14-17(25)15-7-3-2-4-8-15)13-16-18(19(26)23-9-5-6-10-23)21-20-24(16)11-12-27-20/h2-4,7-8,11-12,17,25H,5-6,9-10,13-14H2,1H3. The number of aliphatic hydroxyl groups is 1. The lowest BCUT2D eigenvalue weighted by molar-refractivity contribution is 0.0784. The van der Waals surface area contributed by atoms with Crippen LogP contribution in [0, 0.1) is 0 Å². The molecule has 3 heterocycles. The number of aliphatic hydroxyl groups excluding tert-OH is 1. The fraction of sp³-hybridized carbons (Fsp3) is 0.400. The topological polar surface area (TPSA) is 61.1 Å². The lowest BCUT2D eigenvalue weighted by atomic mass is 10.1. The molecule has 1 amide bonds. The van der Waals surface area contributed by atoms with Crippen LogP contribution in [0.3, 0.4) is 0 Å². The fourth-order valence-electron chi connectivity index (χ4n) is 3.62. The number of thiazole rings is 1. The maximum Gasteiger partial charge on any atom is 0.274 e. The number of nitrogens with zero attached hydrogens (tertiary/aromatic N) is 4. The van der Waals surface area contributed by atoms with Crippen LogP contribution in [-0.4, -0.2) is 56.9 Å². The van der Waals surface area contributed by atoms with Gasteiger partial charge in [-0.25, -0.2) is 4.98 Å². The van der Waals surface area contributed by atoms with Gasteiger partial charge >= 0.3 is 0 Å². The Morgan fingerprint density at radius 2 is 2.04 bits per heavy atom. The van der Waals surface area contributed by atoms with Gasteiger partial charge in [0.15, 0.2) is 10.7 Å². The van der Waals surface area contributed by atoms with E-state index in [9.17, 15) is 9.90 Å². The first-order valence-corrected chi connectivity index (χ1v) is 10.2. The van der Waals surface area contributed by atoms with Crippen LogP contribution in [0.2, 0.25) is 0 Å². The molecule has 0 spiro atoms. The van der Waals surface area contributed by atoms with Crippen molar-refractivity contribution in [1.29, 1.82) is 0 Å².